The van der Waals surface area contributed by atoms with E-state index in [9.17, 15) is 0 Å². The van der Waals surface area contributed by atoms with Gasteiger partial charge in [-0.25, -0.2) is 9.97 Å². The summed E-state index contributed by atoms with van der Waals surface area (Å²) in [7, 11) is 0. The van der Waals surface area contributed by atoms with Crippen LogP contribution in [0.4, 0.5) is 0 Å². The van der Waals surface area contributed by atoms with Gasteiger partial charge in [-0.05, 0) is 25.9 Å². The van der Waals surface area contributed by atoms with Crippen LogP contribution in [0.15, 0.2) is 17.0 Å². The number of aliphatic hydroxyl groups excluding tert-OH is 1. The summed E-state index contributed by atoms with van der Waals surface area (Å²) in [5.74, 6) is 1.47. The minimum absolute atomic E-state index is 0.214. The van der Waals surface area contributed by atoms with Crippen molar-refractivity contribution < 1.29 is 9.63 Å². The number of β-amino-alcohol motifs (C(OH)–C–C–N with tert-alkyl or cyclic N) is 1. The summed E-state index contributed by atoms with van der Waals surface area (Å²) in [6.07, 6.45) is 5.36. The van der Waals surface area contributed by atoms with Crippen molar-refractivity contribution in [2.45, 2.75) is 25.7 Å². The SMILES string of the molecule is Cc1nc(-c2cncnc2C2CCN(CCO)CC2)no1. The lowest BCUT2D eigenvalue weighted by Gasteiger charge is -2.31. The zero-order valence-corrected chi connectivity index (χ0v) is 12.1. The summed E-state index contributed by atoms with van der Waals surface area (Å²) < 4.78 is 5.06. The highest BCUT2D eigenvalue weighted by atomic mass is 16.5. The first kappa shape index (κ1) is 14.1. The van der Waals surface area contributed by atoms with Gasteiger partial charge >= 0.3 is 0 Å². The van der Waals surface area contributed by atoms with Gasteiger partial charge in [0.25, 0.3) is 0 Å². The maximum atomic E-state index is 9.01. The molecule has 1 N–H and O–H groups in total. The summed E-state index contributed by atoms with van der Waals surface area (Å²) in [5.41, 5.74) is 1.85. The summed E-state index contributed by atoms with van der Waals surface area (Å²) in [6, 6.07) is 0. The minimum atomic E-state index is 0.214. The van der Waals surface area contributed by atoms with Crippen molar-refractivity contribution in [3.05, 3.63) is 24.1 Å². The fraction of sp³-hybridized carbons (Fsp3) is 0.571. The van der Waals surface area contributed by atoms with Gasteiger partial charge < -0.3 is 14.5 Å². The molecule has 1 saturated heterocycles. The molecule has 3 rings (SSSR count). The fourth-order valence-electron chi connectivity index (χ4n) is 2.82. The van der Waals surface area contributed by atoms with E-state index in [1.54, 1.807) is 19.4 Å². The lowest BCUT2D eigenvalue weighted by molar-refractivity contribution is 0.163. The van der Waals surface area contributed by atoms with Crippen LogP contribution in [-0.4, -0.2) is 56.4 Å². The van der Waals surface area contributed by atoms with E-state index in [4.69, 9.17) is 9.63 Å². The molecule has 7 nitrogen and oxygen atoms in total. The molecule has 0 radical (unpaired) electrons. The second-order valence-corrected chi connectivity index (χ2v) is 5.30. The van der Waals surface area contributed by atoms with Crippen LogP contribution in [0.5, 0.6) is 0 Å². The van der Waals surface area contributed by atoms with Crippen LogP contribution in [-0.2, 0) is 0 Å². The molecular formula is C14H19N5O2. The minimum Gasteiger partial charge on any atom is -0.395 e. The Hall–Kier alpha value is -1.86. The molecule has 3 heterocycles. The third-order valence-corrected chi connectivity index (χ3v) is 3.90. The number of hydrogen-bond donors (Lipinski definition) is 1. The molecule has 0 amide bonds. The van der Waals surface area contributed by atoms with Crippen LogP contribution < -0.4 is 0 Å². The van der Waals surface area contributed by atoms with Gasteiger partial charge in [0.15, 0.2) is 0 Å². The first-order valence-electron chi connectivity index (χ1n) is 7.21. The normalized spacial score (nSPS) is 17.2. The van der Waals surface area contributed by atoms with Crippen LogP contribution in [0.25, 0.3) is 11.4 Å². The summed E-state index contributed by atoms with van der Waals surface area (Å²) >= 11 is 0. The Morgan fingerprint density at radius 1 is 1.38 bits per heavy atom. The van der Waals surface area contributed by atoms with E-state index in [1.165, 1.54) is 0 Å². The second-order valence-electron chi connectivity index (χ2n) is 5.30. The molecule has 0 aliphatic carbocycles. The predicted molar refractivity (Wildman–Crippen MR) is 75.6 cm³/mol. The van der Waals surface area contributed by atoms with E-state index in [0.717, 1.165) is 43.7 Å². The van der Waals surface area contributed by atoms with Crippen molar-refractivity contribution in [3.8, 4) is 11.4 Å². The summed E-state index contributed by atoms with van der Waals surface area (Å²) in [5, 5.41) is 13.0. The van der Waals surface area contributed by atoms with Crippen LogP contribution in [0.2, 0.25) is 0 Å². The maximum Gasteiger partial charge on any atom is 0.223 e. The summed E-state index contributed by atoms with van der Waals surface area (Å²) in [4.78, 5) is 15.1. The number of aromatic nitrogens is 4. The molecule has 0 saturated carbocycles. The van der Waals surface area contributed by atoms with E-state index in [-0.39, 0.29) is 6.61 Å². The van der Waals surface area contributed by atoms with Crippen molar-refractivity contribution in [1.29, 1.82) is 0 Å². The van der Waals surface area contributed by atoms with Crippen LogP contribution in [0.3, 0.4) is 0 Å². The van der Waals surface area contributed by atoms with Crippen molar-refractivity contribution >= 4 is 0 Å². The molecule has 1 aliphatic heterocycles. The standard InChI is InChI=1S/C14H19N5O2/c1-10-17-14(18-21-10)12-8-15-9-16-13(12)11-2-4-19(5-3-11)6-7-20/h8-9,11,20H,2-7H2,1H3. The quantitative estimate of drug-likeness (QED) is 0.898. The molecule has 0 bridgehead atoms. The molecule has 21 heavy (non-hydrogen) atoms. The van der Waals surface area contributed by atoms with Crippen molar-refractivity contribution in [2.24, 2.45) is 0 Å². The second kappa shape index (κ2) is 6.28. The van der Waals surface area contributed by atoms with Gasteiger partial charge in [0.1, 0.15) is 6.33 Å². The van der Waals surface area contributed by atoms with E-state index in [1.807, 2.05) is 0 Å². The third kappa shape index (κ3) is 3.08. The zero-order valence-electron chi connectivity index (χ0n) is 12.1. The molecule has 7 heteroatoms. The van der Waals surface area contributed by atoms with Crippen molar-refractivity contribution in [2.75, 3.05) is 26.2 Å². The molecule has 0 spiro atoms. The number of nitrogens with zero attached hydrogens (tertiary/aromatic N) is 5. The number of aryl methyl sites for hydroxylation is 1. The lowest BCUT2D eigenvalue weighted by atomic mass is 9.90. The Labute approximate surface area is 123 Å². The van der Waals surface area contributed by atoms with Gasteiger partial charge in [0, 0.05) is 25.6 Å². The fourth-order valence-corrected chi connectivity index (χ4v) is 2.82. The third-order valence-electron chi connectivity index (χ3n) is 3.90. The van der Waals surface area contributed by atoms with E-state index < -0.39 is 0 Å². The topological polar surface area (TPSA) is 88.2 Å². The smallest absolute Gasteiger partial charge is 0.223 e. The summed E-state index contributed by atoms with van der Waals surface area (Å²) in [6.45, 7) is 4.67. The molecular weight excluding hydrogens is 270 g/mol. The predicted octanol–water partition coefficient (Wildman–Crippen LogP) is 1.01. The van der Waals surface area contributed by atoms with E-state index in [2.05, 4.69) is 25.0 Å². The number of piperidine rings is 1. The first-order chi connectivity index (χ1) is 10.3. The molecule has 0 atom stereocenters. The largest absolute Gasteiger partial charge is 0.395 e. The first-order valence-corrected chi connectivity index (χ1v) is 7.21. The molecule has 0 aromatic carbocycles. The monoisotopic (exact) mass is 289 g/mol. The average molecular weight is 289 g/mol. The Kier molecular flexibility index (Phi) is 4.21. The number of rotatable bonds is 4. The van der Waals surface area contributed by atoms with Crippen molar-refractivity contribution in [1.82, 2.24) is 25.0 Å². The average Bonchev–Trinajstić information content (AvgIpc) is 2.95. The number of hydrogen-bond acceptors (Lipinski definition) is 7. The highest BCUT2D eigenvalue weighted by Crippen LogP contribution is 2.32. The lowest BCUT2D eigenvalue weighted by Crippen LogP contribution is -2.35. The zero-order chi connectivity index (χ0) is 14.7. The Bertz CT molecular complexity index is 593. The van der Waals surface area contributed by atoms with Gasteiger partial charge in [0.05, 0.1) is 17.9 Å². The van der Waals surface area contributed by atoms with Crippen LogP contribution >= 0.6 is 0 Å². The van der Waals surface area contributed by atoms with Gasteiger partial charge in [0.2, 0.25) is 11.7 Å². The van der Waals surface area contributed by atoms with Gasteiger partial charge in [-0.15, -0.1) is 0 Å². The number of aliphatic hydroxyl groups is 1. The van der Waals surface area contributed by atoms with E-state index in [0.29, 0.717) is 17.6 Å². The Morgan fingerprint density at radius 3 is 2.86 bits per heavy atom. The molecule has 2 aromatic heterocycles. The van der Waals surface area contributed by atoms with Gasteiger partial charge in [-0.2, -0.15) is 4.98 Å². The highest BCUT2D eigenvalue weighted by molar-refractivity contribution is 5.57. The number of likely N-dealkylation sites (tertiary alicyclic amines) is 1. The molecule has 2 aromatic rings. The molecule has 112 valence electrons. The molecule has 1 fully saturated rings. The van der Waals surface area contributed by atoms with Gasteiger partial charge in [-0.1, -0.05) is 5.16 Å². The Balaban J connectivity index is 1.80. The highest BCUT2D eigenvalue weighted by Gasteiger charge is 2.25. The Morgan fingerprint density at radius 2 is 2.19 bits per heavy atom. The van der Waals surface area contributed by atoms with E-state index >= 15 is 0 Å². The van der Waals surface area contributed by atoms with Gasteiger partial charge in [-0.3, -0.25) is 0 Å². The maximum absolute atomic E-state index is 9.01. The van der Waals surface area contributed by atoms with Crippen LogP contribution in [0.1, 0.15) is 30.3 Å². The van der Waals surface area contributed by atoms with Crippen molar-refractivity contribution in [3.63, 3.8) is 0 Å². The molecule has 0 unspecified atom stereocenters. The van der Waals surface area contributed by atoms with Crippen LogP contribution in [0, 0.1) is 6.92 Å². The molecule has 1 aliphatic rings.